The van der Waals surface area contributed by atoms with Gasteiger partial charge in [-0.2, -0.15) is 0 Å². The number of carbonyl (C=O) groups is 1. The summed E-state index contributed by atoms with van der Waals surface area (Å²) in [6.07, 6.45) is 0. The van der Waals surface area contributed by atoms with Crippen LogP contribution >= 0.6 is 27.3 Å². The van der Waals surface area contributed by atoms with Gasteiger partial charge in [-0.05, 0) is 32.9 Å². The molecule has 0 bridgehead atoms. The number of amides is 1. The normalized spacial score (nSPS) is 12.3. The molecule has 0 radical (unpaired) electrons. The van der Waals surface area contributed by atoms with Crippen LogP contribution in [0.3, 0.4) is 0 Å². The van der Waals surface area contributed by atoms with Crippen LogP contribution in [0.1, 0.15) is 38.9 Å². The second-order valence-electron chi connectivity index (χ2n) is 4.62. The van der Waals surface area contributed by atoms with Gasteiger partial charge in [-0.1, -0.05) is 15.9 Å². The maximum absolute atomic E-state index is 13.8. The highest BCUT2D eigenvalue weighted by molar-refractivity contribution is 9.10. The zero-order valence-electron chi connectivity index (χ0n) is 11.6. The van der Waals surface area contributed by atoms with Crippen LogP contribution in [0.2, 0.25) is 0 Å². The molecule has 21 heavy (non-hydrogen) atoms. The highest BCUT2D eigenvalue weighted by atomic mass is 79.9. The van der Waals surface area contributed by atoms with Crippen molar-refractivity contribution in [3.63, 3.8) is 0 Å². The molecule has 0 fully saturated rings. The number of carbonyl (C=O) groups excluding carboxylic acids is 1. The third-order valence-electron chi connectivity index (χ3n) is 2.91. The largest absolute Gasteiger partial charge is 0.344 e. The number of benzene rings is 1. The molecule has 1 heterocycles. The number of aromatic nitrogens is 1. The van der Waals surface area contributed by atoms with Crippen molar-refractivity contribution in [1.82, 2.24) is 10.3 Å². The molecule has 1 amide bonds. The molecule has 0 saturated heterocycles. The molecule has 2 rings (SSSR count). The number of nitrogens with one attached hydrogen (secondary N) is 1. The smallest absolute Gasteiger partial charge is 0.257 e. The standard InChI is InChI=1S/C14H13BrF2N2OS/c1-6-13(21-8(3)18-6)7(2)19-14(20)12-10(16)4-9(15)5-11(12)17/h4-5,7H,1-3H3,(H,19,20). The minimum absolute atomic E-state index is 0.246. The lowest BCUT2D eigenvalue weighted by Crippen LogP contribution is -2.28. The monoisotopic (exact) mass is 374 g/mol. The molecule has 1 aromatic carbocycles. The van der Waals surface area contributed by atoms with Crippen molar-refractivity contribution < 1.29 is 13.6 Å². The minimum atomic E-state index is -0.899. The molecule has 0 aliphatic heterocycles. The Morgan fingerprint density at radius 1 is 1.33 bits per heavy atom. The van der Waals surface area contributed by atoms with Crippen LogP contribution in [0.25, 0.3) is 0 Å². The Kier molecular flexibility index (Phi) is 4.73. The van der Waals surface area contributed by atoms with Gasteiger partial charge in [0, 0.05) is 9.35 Å². The Labute approximate surface area is 133 Å². The van der Waals surface area contributed by atoms with E-state index in [1.807, 2.05) is 13.8 Å². The first-order valence-electron chi connectivity index (χ1n) is 6.19. The van der Waals surface area contributed by atoms with Gasteiger partial charge in [0.25, 0.3) is 5.91 Å². The average molecular weight is 375 g/mol. The van der Waals surface area contributed by atoms with Gasteiger partial charge >= 0.3 is 0 Å². The van der Waals surface area contributed by atoms with E-state index in [9.17, 15) is 13.6 Å². The van der Waals surface area contributed by atoms with E-state index in [0.717, 1.165) is 27.7 Å². The number of hydrogen-bond acceptors (Lipinski definition) is 3. The molecular weight excluding hydrogens is 362 g/mol. The highest BCUT2D eigenvalue weighted by Crippen LogP contribution is 2.25. The van der Waals surface area contributed by atoms with Crippen molar-refractivity contribution in [2.24, 2.45) is 0 Å². The van der Waals surface area contributed by atoms with Crippen LogP contribution in [0.4, 0.5) is 8.78 Å². The summed E-state index contributed by atoms with van der Waals surface area (Å²) in [6.45, 7) is 5.46. The topological polar surface area (TPSA) is 42.0 Å². The first-order chi connectivity index (χ1) is 9.79. The molecule has 7 heteroatoms. The van der Waals surface area contributed by atoms with Crippen molar-refractivity contribution in [2.45, 2.75) is 26.8 Å². The second-order valence-corrected chi connectivity index (χ2v) is 6.77. The van der Waals surface area contributed by atoms with E-state index in [0.29, 0.717) is 0 Å². The molecule has 0 spiro atoms. The van der Waals surface area contributed by atoms with E-state index in [1.54, 1.807) is 6.92 Å². The third-order valence-corrected chi connectivity index (χ3v) is 4.63. The summed E-state index contributed by atoms with van der Waals surface area (Å²) in [5.41, 5.74) is 0.228. The molecule has 1 unspecified atom stereocenters. The van der Waals surface area contributed by atoms with Gasteiger partial charge in [-0.15, -0.1) is 11.3 Å². The van der Waals surface area contributed by atoms with Crippen molar-refractivity contribution in [1.29, 1.82) is 0 Å². The van der Waals surface area contributed by atoms with Crippen molar-refractivity contribution >= 4 is 33.2 Å². The van der Waals surface area contributed by atoms with Crippen LogP contribution in [0.5, 0.6) is 0 Å². The Bertz CT molecular complexity index is 679. The maximum Gasteiger partial charge on any atom is 0.257 e. The Morgan fingerprint density at radius 3 is 2.38 bits per heavy atom. The van der Waals surface area contributed by atoms with E-state index < -0.39 is 23.1 Å². The van der Waals surface area contributed by atoms with Gasteiger partial charge in [0.05, 0.1) is 16.7 Å². The molecule has 1 atom stereocenters. The Morgan fingerprint density at radius 2 is 1.90 bits per heavy atom. The molecule has 0 aliphatic carbocycles. The first kappa shape index (κ1) is 16.0. The molecule has 0 aliphatic rings. The lowest BCUT2D eigenvalue weighted by Gasteiger charge is -2.14. The molecule has 1 N–H and O–H groups in total. The minimum Gasteiger partial charge on any atom is -0.344 e. The summed E-state index contributed by atoms with van der Waals surface area (Å²) in [5, 5.41) is 3.48. The highest BCUT2D eigenvalue weighted by Gasteiger charge is 2.22. The summed E-state index contributed by atoms with van der Waals surface area (Å²) >= 11 is 4.43. The fraction of sp³-hybridized carbons (Fsp3) is 0.286. The van der Waals surface area contributed by atoms with E-state index in [-0.39, 0.29) is 10.5 Å². The number of hydrogen-bond donors (Lipinski definition) is 1. The third kappa shape index (κ3) is 3.47. The van der Waals surface area contributed by atoms with Crippen molar-refractivity contribution in [3.05, 3.63) is 49.4 Å². The molecular formula is C14H13BrF2N2OS. The fourth-order valence-electron chi connectivity index (χ4n) is 2.04. The predicted octanol–water partition coefficient (Wildman–Crippen LogP) is 4.29. The van der Waals surface area contributed by atoms with E-state index in [4.69, 9.17) is 0 Å². The van der Waals surface area contributed by atoms with E-state index in [1.165, 1.54) is 11.3 Å². The molecule has 0 saturated carbocycles. The van der Waals surface area contributed by atoms with Crippen molar-refractivity contribution in [3.8, 4) is 0 Å². The van der Waals surface area contributed by atoms with Crippen LogP contribution < -0.4 is 5.32 Å². The maximum atomic E-state index is 13.8. The summed E-state index contributed by atoms with van der Waals surface area (Å²) in [4.78, 5) is 17.2. The van der Waals surface area contributed by atoms with Gasteiger partial charge in [0.1, 0.15) is 17.2 Å². The number of halogens is 3. The molecule has 1 aromatic heterocycles. The average Bonchev–Trinajstić information content (AvgIpc) is 2.66. The van der Waals surface area contributed by atoms with Crippen LogP contribution in [-0.4, -0.2) is 10.9 Å². The quantitative estimate of drug-likeness (QED) is 0.870. The Hall–Kier alpha value is -1.34. The number of aryl methyl sites for hydroxylation is 2. The van der Waals surface area contributed by atoms with Crippen LogP contribution in [0.15, 0.2) is 16.6 Å². The predicted molar refractivity (Wildman–Crippen MR) is 81.5 cm³/mol. The fourth-order valence-corrected chi connectivity index (χ4v) is 3.37. The Balaban J connectivity index is 2.24. The van der Waals surface area contributed by atoms with Crippen molar-refractivity contribution in [2.75, 3.05) is 0 Å². The molecule has 112 valence electrons. The lowest BCUT2D eigenvalue weighted by atomic mass is 10.1. The van der Waals surface area contributed by atoms with Gasteiger partial charge < -0.3 is 5.32 Å². The molecule has 3 nitrogen and oxygen atoms in total. The zero-order valence-corrected chi connectivity index (χ0v) is 14.0. The van der Waals surface area contributed by atoms with Gasteiger partial charge in [0.15, 0.2) is 0 Å². The van der Waals surface area contributed by atoms with Crippen LogP contribution in [-0.2, 0) is 0 Å². The first-order valence-corrected chi connectivity index (χ1v) is 7.80. The summed E-state index contributed by atoms with van der Waals surface area (Å²) < 4.78 is 27.8. The summed E-state index contributed by atoms with van der Waals surface area (Å²) in [7, 11) is 0. The zero-order chi connectivity index (χ0) is 15.7. The second kappa shape index (κ2) is 6.19. The number of nitrogens with zero attached hydrogens (tertiary/aromatic N) is 1. The molecule has 2 aromatic rings. The summed E-state index contributed by atoms with van der Waals surface area (Å²) in [5.74, 6) is -2.58. The number of thiazole rings is 1. The SMILES string of the molecule is Cc1nc(C)c(C(C)NC(=O)c2c(F)cc(Br)cc2F)s1. The van der Waals surface area contributed by atoms with E-state index >= 15 is 0 Å². The lowest BCUT2D eigenvalue weighted by molar-refractivity contribution is 0.0932. The summed E-state index contributed by atoms with van der Waals surface area (Å²) in [6, 6.07) is 1.75. The van der Waals surface area contributed by atoms with Crippen LogP contribution in [0, 0.1) is 25.5 Å². The van der Waals surface area contributed by atoms with E-state index in [2.05, 4.69) is 26.2 Å². The van der Waals surface area contributed by atoms with Gasteiger partial charge in [-0.25, -0.2) is 13.8 Å². The van der Waals surface area contributed by atoms with Gasteiger partial charge in [0.2, 0.25) is 0 Å². The number of rotatable bonds is 3. The van der Waals surface area contributed by atoms with Gasteiger partial charge in [-0.3, -0.25) is 4.79 Å².